The molecule has 0 aromatic heterocycles. The number of carboxylic acids is 1. The van der Waals surface area contributed by atoms with Gasteiger partial charge in [-0.2, -0.15) is 0 Å². The summed E-state index contributed by atoms with van der Waals surface area (Å²) in [5, 5.41) is 8.44. The van der Waals surface area contributed by atoms with Gasteiger partial charge < -0.3 is 61.9 Å². The van der Waals surface area contributed by atoms with Crippen molar-refractivity contribution in [2.75, 3.05) is 139 Å². The molecular weight excluding hydrogens is 616 g/mol. The molecule has 1 fully saturated rings. The van der Waals surface area contributed by atoms with Gasteiger partial charge >= 0.3 is 11.9 Å². The van der Waals surface area contributed by atoms with Gasteiger partial charge in [0.25, 0.3) is 0 Å². The van der Waals surface area contributed by atoms with E-state index < -0.39 is 17.7 Å². The maximum atomic E-state index is 11.4. The molecule has 0 radical (unpaired) electrons. The van der Waals surface area contributed by atoms with E-state index in [9.17, 15) is 14.4 Å². The molecule has 16 nitrogen and oxygen atoms in total. The number of carbonyl (C=O) groups excluding carboxylic acids is 2. The third kappa shape index (κ3) is 29.6. The van der Waals surface area contributed by atoms with Crippen molar-refractivity contribution in [2.24, 2.45) is 0 Å². The summed E-state index contributed by atoms with van der Waals surface area (Å²) in [5.41, 5.74) is 0. The van der Waals surface area contributed by atoms with Crippen LogP contribution in [0.3, 0.4) is 0 Å². The van der Waals surface area contributed by atoms with Crippen molar-refractivity contribution in [1.82, 2.24) is 0 Å². The van der Waals surface area contributed by atoms with Gasteiger partial charge in [0.05, 0.1) is 132 Å². The largest absolute Gasteiger partial charge is 0.476 e. The Hall–Kier alpha value is -1.83. The minimum atomic E-state index is -1.56. The van der Waals surface area contributed by atoms with Gasteiger partial charge in [-0.25, -0.2) is 4.79 Å². The van der Waals surface area contributed by atoms with E-state index in [1.165, 1.54) is 0 Å². The molecule has 1 atom stereocenters. The Morgan fingerprint density at radius 1 is 0.500 bits per heavy atom. The molecule has 1 aliphatic rings. The summed E-state index contributed by atoms with van der Waals surface area (Å²) >= 11 is 0. The van der Waals surface area contributed by atoms with Crippen LogP contribution in [0, 0.1) is 0 Å². The number of esters is 1. The van der Waals surface area contributed by atoms with Crippen molar-refractivity contribution in [3.8, 4) is 0 Å². The molecule has 16 heteroatoms. The lowest BCUT2D eigenvalue weighted by Gasteiger charge is -2.22. The van der Waals surface area contributed by atoms with Crippen molar-refractivity contribution < 1.29 is 76.3 Å². The molecule has 1 saturated heterocycles. The minimum Gasteiger partial charge on any atom is -0.476 e. The molecule has 1 aliphatic heterocycles. The summed E-state index contributed by atoms with van der Waals surface area (Å²) in [6, 6.07) is 0. The molecular formula is C30H54O16. The number of aliphatic carboxylic acids is 1. The van der Waals surface area contributed by atoms with Gasteiger partial charge in [0, 0.05) is 13.0 Å². The Balaban J connectivity index is 1.64. The van der Waals surface area contributed by atoms with E-state index >= 15 is 0 Å². The van der Waals surface area contributed by atoms with Gasteiger partial charge in [-0.15, -0.1) is 0 Å². The Labute approximate surface area is 271 Å². The lowest BCUT2D eigenvalue weighted by Crippen LogP contribution is -2.24. The number of Topliss-reactive ketones (excluding diaryl/α,β-unsaturated/α-hetero) is 1. The first-order valence-corrected chi connectivity index (χ1v) is 15.9. The second-order valence-electron chi connectivity index (χ2n) is 9.63. The third-order valence-electron chi connectivity index (χ3n) is 5.93. The van der Waals surface area contributed by atoms with E-state index in [4.69, 9.17) is 61.9 Å². The topological polar surface area (TPSA) is 182 Å². The maximum Gasteiger partial charge on any atom is 0.372 e. The number of carbonyl (C=O) groups is 3. The van der Waals surface area contributed by atoms with Crippen LogP contribution in [0.5, 0.6) is 0 Å². The van der Waals surface area contributed by atoms with E-state index in [2.05, 4.69) is 0 Å². The van der Waals surface area contributed by atoms with Crippen molar-refractivity contribution in [2.45, 2.75) is 38.4 Å². The summed E-state index contributed by atoms with van der Waals surface area (Å²) < 4.78 is 64.7. The molecule has 0 amide bonds. The average Bonchev–Trinajstić information content (AvgIpc) is 3.06. The molecule has 1 N–H and O–H groups in total. The van der Waals surface area contributed by atoms with E-state index in [1.807, 2.05) is 0 Å². The number of rotatable bonds is 35. The molecule has 46 heavy (non-hydrogen) atoms. The van der Waals surface area contributed by atoms with E-state index in [-0.39, 0.29) is 32.3 Å². The molecule has 270 valence electrons. The van der Waals surface area contributed by atoms with Crippen molar-refractivity contribution >= 4 is 17.7 Å². The summed E-state index contributed by atoms with van der Waals surface area (Å²) in [5.74, 6) is -3.23. The van der Waals surface area contributed by atoms with Gasteiger partial charge in [0.2, 0.25) is 5.78 Å². The first kappa shape index (κ1) is 42.2. The minimum absolute atomic E-state index is 0.0150. The van der Waals surface area contributed by atoms with Crippen LogP contribution >= 0.6 is 0 Å². The highest BCUT2D eigenvalue weighted by molar-refractivity contribution is 6.32. The second kappa shape index (κ2) is 33.1. The van der Waals surface area contributed by atoms with Gasteiger partial charge in [-0.1, -0.05) is 0 Å². The number of hydrogen-bond acceptors (Lipinski definition) is 15. The summed E-state index contributed by atoms with van der Waals surface area (Å²) in [6.45, 7) is 9.32. The standard InChI is InChI=1S/C30H54O16/c31-27(30(33)34)4-5-28(32)44-25-23-42-21-19-40-17-15-38-13-11-36-9-7-35-8-10-37-12-14-39-16-18-41-20-22-43-24-26-46-29-3-1-2-6-45-29/h29H,1-26H2,(H,33,34). The predicted octanol–water partition coefficient (Wildman–Crippen LogP) is 0.656. The molecule has 0 bridgehead atoms. The fourth-order valence-electron chi connectivity index (χ4n) is 3.55. The Bertz CT molecular complexity index is 719. The van der Waals surface area contributed by atoms with Crippen LogP contribution in [0.4, 0.5) is 0 Å². The SMILES string of the molecule is O=C(CCC(=O)C(=O)O)OCCOCCOCCOCCOCCOCCOCCOCCOCCOCCOC1CCCCO1. The monoisotopic (exact) mass is 670 g/mol. The molecule has 0 aromatic rings. The zero-order valence-corrected chi connectivity index (χ0v) is 27.0. The van der Waals surface area contributed by atoms with Gasteiger partial charge in [0.1, 0.15) is 6.61 Å². The van der Waals surface area contributed by atoms with Crippen LogP contribution in [0.25, 0.3) is 0 Å². The van der Waals surface area contributed by atoms with Crippen molar-refractivity contribution in [3.63, 3.8) is 0 Å². The Morgan fingerprint density at radius 3 is 1.22 bits per heavy atom. The zero-order chi connectivity index (χ0) is 33.2. The van der Waals surface area contributed by atoms with Gasteiger partial charge in [0.15, 0.2) is 6.29 Å². The van der Waals surface area contributed by atoms with E-state index in [0.717, 1.165) is 25.9 Å². The molecule has 0 aliphatic carbocycles. The fourth-order valence-corrected chi connectivity index (χ4v) is 3.55. The summed E-state index contributed by atoms with van der Waals surface area (Å²) in [4.78, 5) is 32.6. The van der Waals surface area contributed by atoms with Crippen LogP contribution in [-0.2, 0) is 71.2 Å². The highest BCUT2D eigenvalue weighted by Crippen LogP contribution is 2.13. The van der Waals surface area contributed by atoms with Crippen LogP contribution in [0.15, 0.2) is 0 Å². The fraction of sp³-hybridized carbons (Fsp3) is 0.900. The van der Waals surface area contributed by atoms with Crippen LogP contribution in [0.1, 0.15) is 32.1 Å². The number of ether oxygens (including phenoxy) is 12. The smallest absolute Gasteiger partial charge is 0.372 e. The van der Waals surface area contributed by atoms with Crippen molar-refractivity contribution in [1.29, 1.82) is 0 Å². The first-order valence-electron chi connectivity index (χ1n) is 15.9. The number of hydrogen-bond donors (Lipinski definition) is 1. The highest BCUT2D eigenvalue weighted by atomic mass is 16.7. The maximum absolute atomic E-state index is 11.4. The highest BCUT2D eigenvalue weighted by Gasteiger charge is 2.14. The predicted molar refractivity (Wildman–Crippen MR) is 160 cm³/mol. The quantitative estimate of drug-likeness (QED) is 0.0563. The number of ketones is 1. The summed E-state index contributed by atoms with van der Waals surface area (Å²) in [6.07, 6.45) is 2.49. The van der Waals surface area contributed by atoms with Gasteiger partial charge in [-0.05, 0) is 19.3 Å². The normalized spacial score (nSPS) is 14.8. The van der Waals surface area contributed by atoms with E-state index in [0.29, 0.717) is 119 Å². The number of carboxylic acid groups (broad SMARTS) is 1. The molecule has 1 heterocycles. The van der Waals surface area contributed by atoms with Crippen LogP contribution in [0.2, 0.25) is 0 Å². The van der Waals surface area contributed by atoms with Crippen LogP contribution in [-0.4, -0.2) is 168 Å². The molecule has 0 spiro atoms. The third-order valence-corrected chi connectivity index (χ3v) is 5.93. The van der Waals surface area contributed by atoms with Crippen molar-refractivity contribution in [3.05, 3.63) is 0 Å². The Morgan fingerprint density at radius 2 is 0.870 bits per heavy atom. The lowest BCUT2D eigenvalue weighted by molar-refractivity contribution is -0.169. The molecule has 1 rings (SSSR count). The van der Waals surface area contributed by atoms with Gasteiger partial charge in [-0.3, -0.25) is 9.59 Å². The zero-order valence-electron chi connectivity index (χ0n) is 27.0. The first-order chi connectivity index (χ1) is 22.6. The van der Waals surface area contributed by atoms with Crippen LogP contribution < -0.4 is 0 Å². The van der Waals surface area contributed by atoms with E-state index in [1.54, 1.807) is 0 Å². The molecule has 0 aromatic carbocycles. The summed E-state index contributed by atoms with van der Waals surface area (Å²) in [7, 11) is 0. The average molecular weight is 671 g/mol. The molecule has 0 saturated carbocycles. The second-order valence-corrected chi connectivity index (χ2v) is 9.63. The molecule has 1 unspecified atom stereocenters. The lowest BCUT2D eigenvalue weighted by atomic mass is 10.2. The Kier molecular flexibility index (Phi) is 30.3.